The molecule has 0 amide bonds. The molecule has 0 bridgehead atoms. The lowest BCUT2D eigenvalue weighted by atomic mass is 10.00. The minimum absolute atomic E-state index is 0.102. The molecule has 3 atom stereocenters. The molecule has 0 radical (unpaired) electrons. The van der Waals surface area contributed by atoms with Crippen molar-refractivity contribution in [1.29, 1.82) is 0 Å². The molecule has 2 fully saturated rings. The van der Waals surface area contributed by atoms with Gasteiger partial charge in [-0.25, -0.2) is 4.98 Å². The van der Waals surface area contributed by atoms with Gasteiger partial charge in [0.05, 0.1) is 6.10 Å². The summed E-state index contributed by atoms with van der Waals surface area (Å²) < 4.78 is 0. The lowest BCUT2D eigenvalue weighted by Gasteiger charge is -2.22. The quantitative estimate of drug-likeness (QED) is 0.891. The van der Waals surface area contributed by atoms with Gasteiger partial charge in [-0.15, -0.1) is 0 Å². The van der Waals surface area contributed by atoms with E-state index < -0.39 is 0 Å². The maximum Gasteiger partial charge on any atom is 0.131 e. The molecule has 0 spiro atoms. The van der Waals surface area contributed by atoms with Gasteiger partial charge in [0.25, 0.3) is 0 Å². The molecule has 1 aromatic rings. The van der Waals surface area contributed by atoms with Gasteiger partial charge in [0, 0.05) is 37.8 Å². The number of fused-ring (bicyclic) bond motifs is 1. The standard InChI is InChI=1S/C17H27N3O/c1-11(2)18-7-13-6-12(3)17(19-8-13)20-9-14-4-5-16(21)15(14)10-20/h6,8,11,14-16,18,21H,4-5,7,9-10H2,1-3H3. The van der Waals surface area contributed by atoms with Gasteiger partial charge >= 0.3 is 0 Å². The number of aromatic nitrogens is 1. The number of rotatable bonds is 4. The molecule has 1 aliphatic heterocycles. The van der Waals surface area contributed by atoms with E-state index >= 15 is 0 Å². The first kappa shape index (κ1) is 14.8. The fourth-order valence-electron chi connectivity index (χ4n) is 3.79. The second kappa shape index (κ2) is 5.93. The van der Waals surface area contributed by atoms with Crippen LogP contribution < -0.4 is 10.2 Å². The average molecular weight is 289 g/mol. The number of aliphatic hydroxyl groups excluding tert-OH is 1. The Morgan fingerprint density at radius 1 is 1.38 bits per heavy atom. The number of nitrogens with one attached hydrogen (secondary N) is 1. The van der Waals surface area contributed by atoms with Crippen molar-refractivity contribution < 1.29 is 5.11 Å². The first-order valence-corrected chi connectivity index (χ1v) is 8.16. The highest BCUT2D eigenvalue weighted by molar-refractivity contribution is 5.48. The third-order valence-corrected chi connectivity index (χ3v) is 4.94. The molecule has 1 aliphatic carbocycles. The Hall–Kier alpha value is -1.13. The van der Waals surface area contributed by atoms with Crippen LogP contribution in [0.4, 0.5) is 5.82 Å². The summed E-state index contributed by atoms with van der Waals surface area (Å²) in [6, 6.07) is 2.73. The van der Waals surface area contributed by atoms with Gasteiger partial charge in [0.2, 0.25) is 0 Å². The number of hydrogen-bond donors (Lipinski definition) is 2. The third-order valence-electron chi connectivity index (χ3n) is 4.94. The smallest absolute Gasteiger partial charge is 0.131 e. The molecule has 21 heavy (non-hydrogen) atoms. The van der Waals surface area contributed by atoms with Crippen LogP contribution in [0.25, 0.3) is 0 Å². The zero-order chi connectivity index (χ0) is 15.0. The number of anilines is 1. The summed E-state index contributed by atoms with van der Waals surface area (Å²) in [5.41, 5.74) is 2.48. The molecule has 3 unspecified atom stereocenters. The summed E-state index contributed by atoms with van der Waals surface area (Å²) in [5.74, 6) is 2.21. The van der Waals surface area contributed by atoms with Crippen LogP contribution >= 0.6 is 0 Å². The predicted octanol–water partition coefficient (Wildman–Crippen LogP) is 2.10. The number of nitrogens with zero attached hydrogens (tertiary/aromatic N) is 2. The summed E-state index contributed by atoms with van der Waals surface area (Å²) in [4.78, 5) is 7.06. The van der Waals surface area contributed by atoms with E-state index in [9.17, 15) is 5.11 Å². The third kappa shape index (κ3) is 3.06. The highest BCUT2D eigenvalue weighted by Gasteiger charge is 2.42. The number of hydrogen-bond acceptors (Lipinski definition) is 4. The second-order valence-electron chi connectivity index (χ2n) is 6.99. The topological polar surface area (TPSA) is 48.4 Å². The lowest BCUT2D eigenvalue weighted by molar-refractivity contribution is 0.133. The second-order valence-corrected chi connectivity index (χ2v) is 6.99. The van der Waals surface area contributed by atoms with E-state index in [1.54, 1.807) is 0 Å². The van der Waals surface area contributed by atoms with E-state index in [1.807, 2.05) is 6.20 Å². The van der Waals surface area contributed by atoms with Crippen LogP contribution in [-0.4, -0.2) is 35.3 Å². The van der Waals surface area contributed by atoms with Crippen molar-refractivity contribution in [2.75, 3.05) is 18.0 Å². The Balaban J connectivity index is 1.69. The highest BCUT2D eigenvalue weighted by Crippen LogP contribution is 2.39. The Labute approximate surface area is 127 Å². The van der Waals surface area contributed by atoms with Crippen LogP contribution in [-0.2, 0) is 6.54 Å². The van der Waals surface area contributed by atoms with Crippen molar-refractivity contribution in [1.82, 2.24) is 10.3 Å². The van der Waals surface area contributed by atoms with Crippen LogP contribution in [0.2, 0.25) is 0 Å². The normalized spacial score (nSPS) is 28.4. The fraction of sp³-hybridized carbons (Fsp3) is 0.706. The molecule has 2 heterocycles. The highest BCUT2D eigenvalue weighted by atomic mass is 16.3. The molecule has 3 rings (SSSR count). The van der Waals surface area contributed by atoms with E-state index in [0.717, 1.165) is 38.3 Å². The zero-order valence-electron chi connectivity index (χ0n) is 13.3. The molecule has 1 saturated carbocycles. The molecule has 4 heteroatoms. The molecule has 1 saturated heterocycles. The van der Waals surface area contributed by atoms with Gasteiger partial charge in [-0.05, 0) is 42.9 Å². The van der Waals surface area contributed by atoms with Gasteiger partial charge in [-0.3, -0.25) is 0 Å². The SMILES string of the molecule is Cc1cc(CNC(C)C)cnc1N1CC2CCC(O)C2C1. The van der Waals surface area contributed by atoms with Crippen molar-refractivity contribution in [2.24, 2.45) is 11.8 Å². The first-order chi connectivity index (χ1) is 10.0. The van der Waals surface area contributed by atoms with Crippen LogP contribution in [0.1, 0.15) is 37.8 Å². The van der Waals surface area contributed by atoms with E-state index in [-0.39, 0.29) is 6.10 Å². The minimum Gasteiger partial charge on any atom is -0.393 e. The number of pyridine rings is 1. The van der Waals surface area contributed by atoms with Crippen LogP contribution in [0, 0.1) is 18.8 Å². The summed E-state index contributed by atoms with van der Waals surface area (Å²) in [5, 5.41) is 13.5. The monoisotopic (exact) mass is 289 g/mol. The van der Waals surface area contributed by atoms with Gasteiger partial charge in [0.1, 0.15) is 5.82 Å². The number of aryl methyl sites for hydroxylation is 1. The fourth-order valence-corrected chi connectivity index (χ4v) is 3.79. The summed E-state index contributed by atoms with van der Waals surface area (Å²) >= 11 is 0. The molecule has 116 valence electrons. The van der Waals surface area contributed by atoms with E-state index in [4.69, 9.17) is 4.98 Å². The van der Waals surface area contributed by atoms with Gasteiger partial charge in [0.15, 0.2) is 0 Å². The van der Waals surface area contributed by atoms with Gasteiger partial charge in [-0.1, -0.05) is 13.8 Å². The Morgan fingerprint density at radius 3 is 2.86 bits per heavy atom. The van der Waals surface area contributed by atoms with Gasteiger partial charge < -0.3 is 15.3 Å². The predicted molar refractivity (Wildman–Crippen MR) is 85.4 cm³/mol. The van der Waals surface area contributed by atoms with E-state index in [0.29, 0.717) is 17.9 Å². The minimum atomic E-state index is -0.102. The summed E-state index contributed by atoms with van der Waals surface area (Å²) in [6.07, 6.45) is 4.03. The molecule has 4 nitrogen and oxygen atoms in total. The maximum atomic E-state index is 10.0. The molecular weight excluding hydrogens is 262 g/mol. The maximum absolute atomic E-state index is 10.0. The Kier molecular flexibility index (Phi) is 4.18. The van der Waals surface area contributed by atoms with Crippen molar-refractivity contribution in [2.45, 2.75) is 52.3 Å². The van der Waals surface area contributed by atoms with Gasteiger partial charge in [-0.2, -0.15) is 0 Å². The molecule has 1 aromatic heterocycles. The Bertz CT molecular complexity index is 503. The van der Waals surface area contributed by atoms with Crippen molar-refractivity contribution in [3.63, 3.8) is 0 Å². The average Bonchev–Trinajstić information content (AvgIpc) is 2.99. The molecule has 2 N–H and O–H groups in total. The summed E-state index contributed by atoms with van der Waals surface area (Å²) in [7, 11) is 0. The lowest BCUT2D eigenvalue weighted by Crippen LogP contribution is -2.26. The van der Waals surface area contributed by atoms with Crippen molar-refractivity contribution in [3.05, 3.63) is 23.4 Å². The zero-order valence-corrected chi connectivity index (χ0v) is 13.3. The molecule has 0 aromatic carbocycles. The summed E-state index contributed by atoms with van der Waals surface area (Å²) in [6.45, 7) is 9.34. The first-order valence-electron chi connectivity index (χ1n) is 8.16. The van der Waals surface area contributed by atoms with E-state index in [2.05, 4.69) is 37.1 Å². The number of aliphatic hydroxyl groups is 1. The molecule has 2 aliphatic rings. The van der Waals surface area contributed by atoms with Crippen LogP contribution in [0.5, 0.6) is 0 Å². The van der Waals surface area contributed by atoms with Crippen molar-refractivity contribution in [3.8, 4) is 0 Å². The largest absolute Gasteiger partial charge is 0.393 e. The van der Waals surface area contributed by atoms with Crippen molar-refractivity contribution >= 4 is 5.82 Å². The van der Waals surface area contributed by atoms with Crippen LogP contribution in [0.3, 0.4) is 0 Å². The van der Waals surface area contributed by atoms with Crippen LogP contribution in [0.15, 0.2) is 12.3 Å². The Morgan fingerprint density at radius 2 is 2.19 bits per heavy atom. The molecular formula is C17H27N3O. The van der Waals surface area contributed by atoms with E-state index in [1.165, 1.54) is 11.1 Å².